The maximum atomic E-state index is 5.31. The molecule has 0 N–H and O–H groups in total. The zero-order chi connectivity index (χ0) is 47.3. The predicted molar refractivity (Wildman–Crippen MR) is 290 cm³/mol. The first-order valence-electron chi connectivity index (χ1n) is 23.9. The molecule has 0 aliphatic carbocycles. The molecule has 11 aromatic rings. The summed E-state index contributed by atoms with van der Waals surface area (Å²) in [5.74, 6) is 1.85. The molecule has 2 heterocycles. The lowest BCUT2D eigenvalue weighted by Crippen LogP contribution is -2.11. The van der Waals surface area contributed by atoms with Crippen molar-refractivity contribution in [3.05, 3.63) is 230 Å². The van der Waals surface area contributed by atoms with Crippen molar-refractivity contribution in [2.24, 2.45) is 0 Å². The van der Waals surface area contributed by atoms with Gasteiger partial charge in [0.05, 0.1) is 16.7 Å². The fraction of sp³-hybridized carbons (Fsp3) is 0.123. The van der Waals surface area contributed by atoms with Gasteiger partial charge < -0.3 is 4.57 Å². The van der Waals surface area contributed by atoms with E-state index in [0.29, 0.717) is 17.5 Å². The van der Waals surface area contributed by atoms with Crippen LogP contribution in [0, 0.1) is 0 Å². The molecule has 0 saturated heterocycles. The second-order valence-corrected chi connectivity index (χ2v) is 20.1. The van der Waals surface area contributed by atoms with E-state index in [2.05, 4.69) is 228 Å². The molecule has 2 aromatic heterocycles. The second-order valence-electron chi connectivity index (χ2n) is 20.1. The molecule has 0 fully saturated rings. The Balaban J connectivity index is 1.36. The summed E-state index contributed by atoms with van der Waals surface area (Å²) in [6.45, 7) is 13.9. The van der Waals surface area contributed by atoms with Crippen LogP contribution in [0.25, 0.3) is 106 Å². The number of nitrogens with zero attached hydrogens (tertiary/aromatic N) is 4. The molecule has 0 aliphatic heterocycles. The lowest BCUT2D eigenvalue weighted by molar-refractivity contribution is 0.590. The van der Waals surface area contributed by atoms with E-state index in [1.54, 1.807) is 0 Å². The van der Waals surface area contributed by atoms with E-state index in [0.717, 1.165) is 55.7 Å². The minimum absolute atomic E-state index is 0.121. The molecule has 69 heavy (non-hydrogen) atoms. The van der Waals surface area contributed by atoms with Crippen LogP contribution in [-0.4, -0.2) is 19.5 Å². The Morgan fingerprint density at radius 1 is 0.290 bits per heavy atom. The molecule has 0 atom stereocenters. The first kappa shape index (κ1) is 43.4. The van der Waals surface area contributed by atoms with Gasteiger partial charge in [0.2, 0.25) is 0 Å². The van der Waals surface area contributed by atoms with Crippen molar-refractivity contribution in [3.63, 3.8) is 0 Å². The molecule has 4 heteroatoms. The molecular formula is C65H54N4. The molecule has 0 saturated carbocycles. The zero-order valence-corrected chi connectivity index (χ0v) is 40.1. The maximum absolute atomic E-state index is 5.31. The average molecular weight is 891 g/mol. The Hall–Kier alpha value is -8.21. The Labute approximate surface area is 405 Å². The smallest absolute Gasteiger partial charge is 0.164 e. The normalized spacial score (nSPS) is 11.9. The molecule has 11 rings (SSSR count). The first-order chi connectivity index (χ1) is 33.5. The van der Waals surface area contributed by atoms with Crippen molar-refractivity contribution < 1.29 is 0 Å². The van der Waals surface area contributed by atoms with Crippen molar-refractivity contribution >= 4 is 21.8 Å². The Bertz CT molecular complexity index is 3390. The standard InChI is InChI=1S/C65H54N4/c1-64(2,3)50-39-54(45-29-17-9-18-30-45)59-56(41-50)57-42-51(65(4,5)6)40-55(46-31-19-10-20-32-46)60(57)69(59)58-52(43-25-13-7-14-26-43)37-49(38-53(58)44-27-15-8-16-28-44)63-67-61(47-33-21-11-22-34-47)66-62(68-63)48-35-23-12-24-36-48/h7-42H,1-6H3. The fourth-order valence-electron chi connectivity index (χ4n) is 9.66. The van der Waals surface area contributed by atoms with Gasteiger partial charge in [0, 0.05) is 49.7 Å². The molecule has 0 aliphatic rings. The Morgan fingerprint density at radius 3 is 0.870 bits per heavy atom. The van der Waals surface area contributed by atoms with Crippen molar-refractivity contribution in [2.45, 2.75) is 52.4 Å². The quantitative estimate of drug-likeness (QED) is 0.153. The number of rotatable bonds is 8. The van der Waals surface area contributed by atoms with Gasteiger partial charge in [0.25, 0.3) is 0 Å². The van der Waals surface area contributed by atoms with Crippen molar-refractivity contribution in [3.8, 4) is 84.4 Å². The zero-order valence-electron chi connectivity index (χ0n) is 40.1. The van der Waals surface area contributed by atoms with Gasteiger partial charge in [-0.15, -0.1) is 0 Å². The van der Waals surface area contributed by atoms with Gasteiger partial charge in [0.15, 0.2) is 17.5 Å². The van der Waals surface area contributed by atoms with Gasteiger partial charge in [-0.2, -0.15) is 0 Å². The molecule has 334 valence electrons. The molecular weight excluding hydrogens is 837 g/mol. The number of hydrogen-bond acceptors (Lipinski definition) is 3. The van der Waals surface area contributed by atoms with Crippen LogP contribution >= 0.6 is 0 Å². The summed E-state index contributed by atoms with van der Waals surface area (Å²) < 4.78 is 2.61. The minimum atomic E-state index is -0.121. The first-order valence-corrected chi connectivity index (χ1v) is 23.9. The summed E-state index contributed by atoms with van der Waals surface area (Å²) >= 11 is 0. The van der Waals surface area contributed by atoms with Gasteiger partial charge in [-0.25, -0.2) is 15.0 Å². The Morgan fingerprint density at radius 2 is 0.565 bits per heavy atom. The molecule has 0 spiro atoms. The highest BCUT2D eigenvalue weighted by Gasteiger charge is 2.29. The van der Waals surface area contributed by atoms with Crippen LogP contribution in [0.5, 0.6) is 0 Å². The molecule has 0 amide bonds. The second kappa shape index (κ2) is 17.5. The van der Waals surface area contributed by atoms with Crippen LogP contribution in [0.15, 0.2) is 218 Å². The Kier molecular flexibility index (Phi) is 11.0. The van der Waals surface area contributed by atoms with E-state index in [9.17, 15) is 0 Å². The van der Waals surface area contributed by atoms with Gasteiger partial charge in [-0.05, 0) is 80.6 Å². The van der Waals surface area contributed by atoms with Gasteiger partial charge in [-0.1, -0.05) is 224 Å². The summed E-state index contributed by atoms with van der Waals surface area (Å²) in [6, 6.07) is 78.5. The van der Waals surface area contributed by atoms with Crippen LogP contribution < -0.4 is 0 Å². The maximum Gasteiger partial charge on any atom is 0.164 e. The largest absolute Gasteiger partial charge is 0.307 e. The highest BCUT2D eigenvalue weighted by molar-refractivity contribution is 6.19. The summed E-state index contributed by atoms with van der Waals surface area (Å²) in [6.07, 6.45) is 0. The van der Waals surface area contributed by atoms with Crippen molar-refractivity contribution in [1.82, 2.24) is 19.5 Å². The van der Waals surface area contributed by atoms with Gasteiger partial charge in [0.1, 0.15) is 0 Å². The lowest BCUT2D eigenvalue weighted by atomic mass is 9.82. The van der Waals surface area contributed by atoms with Gasteiger partial charge >= 0.3 is 0 Å². The fourth-order valence-corrected chi connectivity index (χ4v) is 9.66. The van der Waals surface area contributed by atoms with Crippen LogP contribution in [0.3, 0.4) is 0 Å². The monoisotopic (exact) mass is 890 g/mol. The predicted octanol–water partition coefficient (Wildman–Crippen LogP) is 17.2. The van der Waals surface area contributed by atoms with E-state index in [1.807, 2.05) is 36.4 Å². The van der Waals surface area contributed by atoms with Crippen molar-refractivity contribution in [2.75, 3.05) is 0 Å². The lowest BCUT2D eigenvalue weighted by Gasteiger charge is -2.25. The SMILES string of the molecule is CC(C)(C)c1cc(-c2ccccc2)c2c(c1)c1cc(C(C)(C)C)cc(-c3ccccc3)c1n2-c1c(-c2ccccc2)cc(-c2nc(-c3ccccc3)nc(-c3ccccc3)n2)cc1-c1ccccc1. The molecule has 4 nitrogen and oxygen atoms in total. The number of benzene rings is 9. The molecule has 0 bridgehead atoms. The van der Waals surface area contributed by atoms with E-state index < -0.39 is 0 Å². The summed E-state index contributed by atoms with van der Waals surface area (Å²) in [7, 11) is 0. The number of fused-ring (bicyclic) bond motifs is 3. The summed E-state index contributed by atoms with van der Waals surface area (Å²) in [5, 5.41) is 2.44. The van der Waals surface area contributed by atoms with Gasteiger partial charge in [-0.3, -0.25) is 0 Å². The third-order valence-corrected chi connectivity index (χ3v) is 13.3. The highest BCUT2D eigenvalue weighted by atomic mass is 15.0. The minimum Gasteiger partial charge on any atom is -0.307 e. The number of aromatic nitrogens is 4. The van der Waals surface area contributed by atoms with Crippen LogP contribution in [0.2, 0.25) is 0 Å². The molecule has 0 radical (unpaired) electrons. The van der Waals surface area contributed by atoms with Crippen molar-refractivity contribution in [1.29, 1.82) is 0 Å². The van der Waals surface area contributed by atoms with E-state index in [1.165, 1.54) is 44.2 Å². The summed E-state index contributed by atoms with van der Waals surface area (Å²) in [4.78, 5) is 15.7. The van der Waals surface area contributed by atoms with E-state index in [4.69, 9.17) is 15.0 Å². The van der Waals surface area contributed by atoms with Crippen LogP contribution in [-0.2, 0) is 10.8 Å². The third kappa shape index (κ3) is 8.23. The number of hydrogen-bond donors (Lipinski definition) is 0. The van der Waals surface area contributed by atoms with E-state index in [-0.39, 0.29) is 10.8 Å². The third-order valence-electron chi connectivity index (χ3n) is 13.3. The highest BCUT2D eigenvalue weighted by Crippen LogP contribution is 2.50. The summed E-state index contributed by atoms with van der Waals surface area (Å²) in [5.41, 5.74) is 17.5. The average Bonchev–Trinajstić information content (AvgIpc) is 3.72. The van der Waals surface area contributed by atoms with E-state index >= 15 is 0 Å². The van der Waals surface area contributed by atoms with Crippen LogP contribution in [0.1, 0.15) is 52.7 Å². The molecule has 9 aromatic carbocycles. The molecule has 0 unspecified atom stereocenters. The van der Waals surface area contributed by atoms with Crippen LogP contribution in [0.4, 0.5) is 0 Å². The topological polar surface area (TPSA) is 43.6 Å².